The standard InChI is InChI=1S/C12H9BrFNO2/c1-16-11-3-2-4-12(15-11)17-10-7-8(13)5-6-9(10)14/h2-7H,1H3. The summed E-state index contributed by atoms with van der Waals surface area (Å²) in [6, 6.07) is 9.49. The van der Waals surface area contributed by atoms with E-state index in [1.165, 1.54) is 19.2 Å². The largest absolute Gasteiger partial charge is 0.481 e. The van der Waals surface area contributed by atoms with Gasteiger partial charge in [-0.2, -0.15) is 4.98 Å². The monoisotopic (exact) mass is 297 g/mol. The Morgan fingerprint density at radius 2 is 1.94 bits per heavy atom. The summed E-state index contributed by atoms with van der Waals surface area (Å²) in [5, 5.41) is 0. The molecule has 2 rings (SSSR count). The number of halogens is 2. The van der Waals surface area contributed by atoms with Crippen molar-refractivity contribution in [3.63, 3.8) is 0 Å². The van der Waals surface area contributed by atoms with Gasteiger partial charge in [-0.3, -0.25) is 0 Å². The molecule has 1 aromatic heterocycles. The third-order valence-corrected chi connectivity index (χ3v) is 2.51. The number of aromatic nitrogens is 1. The van der Waals surface area contributed by atoms with Gasteiger partial charge in [0, 0.05) is 16.6 Å². The topological polar surface area (TPSA) is 31.4 Å². The van der Waals surface area contributed by atoms with Crippen LogP contribution >= 0.6 is 15.9 Å². The minimum Gasteiger partial charge on any atom is -0.481 e. The number of pyridine rings is 1. The van der Waals surface area contributed by atoms with Gasteiger partial charge in [-0.05, 0) is 18.2 Å². The quantitative estimate of drug-likeness (QED) is 0.864. The molecule has 0 bridgehead atoms. The first-order chi connectivity index (χ1) is 8.19. The van der Waals surface area contributed by atoms with Gasteiger partial charge in [0.05, 0.1) is 7.11 Å². The number of hydrogen-bond acceptors (Lipinski definition) is 3. The van der Waals surface area contributed by atoms with Gasteiger partial charge >= 0.3 is 0 Å². The van der Waals surface area contributed by atoms with Crippen LogP contribution in [0, 0.1) is 5.82 Å². The van der Waals surface area contributed by atoms with Crippen LogP contribution in [0.4, 0.5) is 4.39 Å². The Bertz CT molecular complexity index is 534. The summed E-state index contributed by atoms with van der Waals surface area (Å²) in [7, 11) is 1.51. The number of ether oxygens (including phenoxy) is 2. The molecule has 0 saturated heterocycles. The molecule has 5 heteroatoms. The first-order valence-corrected chi connectivity index (χ1v) is 5.62. The van der Waals surface area contributed by atoms with Crippen molar-refractivity contribution in [1.29, 1.82) is 0 Å². The van der Waals surface area contributed by atoms with Crippen molar-refractivity contribution in [3.05, 3.63) is 46.7 Å². The summed E-state index contributed by atoms with van der Waals surface area (Å²) in [4.78, 5) is 4.03. The lowest BCUT2D eigenvalue weighted by molar-refractivity contribution is 0.378. The van der Waals surface area contributed by atoms with Gasteiger partial charge < -0.3 is 9.47 Å². The second-order valence-corrected chi connectivity index (χ2v) is 4.11. The summed E-state index contributed by atoms with van der Waals surface area (Å²) >= 11 is 3.25. The SMILES string of the molecule is COc1cccc(Oc2cc(Br)ccc2F)n1. The highest BCUT2D eigenvalue weighted by atomic mass is 79.9. The molecule has 0 aliphatic carbocycles. The van der Waals surface area contributed by atoms with E-state index in [0.29, 0.717) is 5.88 Å². The van der Waals surface area contributed by atoms with Crippen LogP contribution in [0.2, 0.25) is 0 Å². The number of nitrogens with zero attached hydrogens (tertiary/aromatic N) is 1. The minimum atomic E-state index is -0.446. The fourth-order valence-electron chi connectivity index (χ4n) is 1.23. The molecule has 17 heavy (non-hydrogen) atoms. The number of benzene rings is 1. The van der Waals surface area contributed by atoms with E-state index in [2.05, 4.69) is 20.9 Å². The van der Waals surface area contributed by atoms with Crippen LogP contribution in [0.1, 0.15) is 0 Å². The molecule has 0 unspecified atom stereocenters. The Balaban J connectivity index is 2.27. The summed E-state index contributed by atoms with van der Waals surface area (Å²) in [5.41, 5.74) is 0. The zero-order valence-corrected chi connectivity index (χ0v) is 10.6. The fourth-order valence-corrected chi connectivity index (χ4v) is 1.57. The minimum absolute atomic E-state index is 0.111. The average Bonchev–Trinajstić information content (AvgIpc) is 2.34. The number of rotatable bonds is 3. The molecular formula is C12H9BrFNO2. The molecular weight excluding hydrogens is 289 g/mol. The van der Waals surface area contributed by atoms with E-state index >= 15 is 0 Å². The molecule has 0 N–H and O–H groups in total. The summed E-state index contributed by atoms with van der Waals surface area (Å²) < 4.78 is 24.5. The molecule has 0 saturated carbocycles. The Labute approximate surface area is 106 Å². The van der Waals surface area contributed by atoms with Crippen LogP contribution in [0.3, 0.4) is 0 Å². The van der Waals surface area contributed by atoms with Gasteiger partial charge in [0.2, 0.25) is 11.8 Å². The van der Waals surface area contributed by atoms with Crippen molar-refractivity contribution in [2.24, 2.45) is 0 Å². The smallest absolute Gasteiger partial charge is 0.222 e. The predicted molar refractivity (Wildman–Crippen MR) is 65.0 cm³/mol. The molecule has 3 nitrogen and oxygen atoms in total. The van der Waals surface area contributed by atoms with Crippen LogP contribution in [-0.4, -0.2) is 12.1 Å². The fraction of sp³-hybridized carbons (Fsp3) is 0.0833. The van der Waals surface area contributed by atoms with Crippen LogP contribution in [0.15, 0.2) is 40.9 Å². The number of hydrogen-bond donors (Lipinski definition) is 0. The Kier molecular flexibility index (Phi) is 3.58. The third kappa shape index (κ3) is 2.94. The van der Waals surface area contributed by atoms with Crippen molar-refractivity contribution >= 4 is 15.9 Å². The summed E-state index contributed by atoms with van der Waals surface area (Å²) in [6.07, 6.45) is 0. The van der Waals surface area contributed by atoms with Gasteiger partial charge in [-0.25, -0.2) is 4.39 Å². The maximum atomic E-state index is 13.4. The second kappa shape index (κ2) is 5.14. The molecule has 0 spiro atoms. The molecule has 2 aromatic rings. The van der Waals surface area contributed by atoms with E-state index in [-0.39, 0.29) is 11.6 Å². The van der Waals surface area contributed by atoms with Gasteiger partial charge in [-0.15, -0.1) is 0 Å². The highest BCUT2D eigenvalue weighted by Gasteiger charge is 2.06. The predicted octanol–water partition coefficient (Wildman–Crippen LogP) is 3.78. The summed E-state index contributed by atoms with van der Waals surface area (Å²) in [6.45, 7) is 0. The lowest BCUT2D eigenvalue weighted by Gasteiger charge is -2.07. The van der Waals surface area contributed by atoms with Gasteiger partial charge in [-0.1, -0.05) is 22.0 Å². The van der Waals surface area contributed by atoms with Crippen molar-refractivity contribution in [1.82, 2.24) is 4.98 Å². The highest BCUT2D eigenvalue weighted by molar-refractivity contribution is 9.10. The molecule has 88 valence electrons. The van der Waals surface area contributed by atoms with Crippen LogP contribution < -0.4 is 9.47 Å². The first-order valence-electron chi connectivity index (χ1n) is 4.83. The Hall–Kier alpha value is -1.62. The zero-order chi connectivity index (χ0) is 12.3. The maximum absolute atomic E-state index is 13.4. The van der Waals surface area contributed by atoms with Crippen molar-refractivity contribution in [2.75, 3.05) is 7.11 Å². The number of methoxy groups -OCH3 is 1. The second-order valence-electron chi connectivity index (χ2n) is 3.19. The van der Waals surface area contributed by atoms with Crippen molar-refractivity contribution < 1.29 is 13.9 Å². The zero-order valence-electron chi connectivity index (χ0n) is 8.98. The molecule has 0 radical (unpaired) electrons. The van der Waals surface area contributed by atoms with E-state index in [1.807, 2.05) is 0 Å². The lowest BCUT2D eigenvalue weighted by Crippen LogP contribution is -1.93. The normalized spacial score (nSPS) is 10.1. The van der Waals surface area contributed by atoms with E-state index in [1.54, 1.807) is 24.3 Å². The molecule has 0 atom stereocenters. The van der Waals surface area contributed by atoms with Crippen LogP contribution in [0.5, 0.6) is 17.5 Å². The highest BCUT2D eigenvalue weighted by Crippen LogP contribution is 2.27. The van der Waals surface area contributed by atoms with Crippen LogP contribution in [-0.2, 0) is 0 Å². The van der Waals surface area contributed by atoms with E-state index in [9.17, 15) is 4.39 Å². The van der Waals surface area contributed by atoms with Gasteiger partial charge in [0.15, 0.2) is 11.6 Å². The molecule has 1 heterocycles. The Morgan fingerprint density at radius 1 is 1.18 bits per heavy atom. The van der Waals surface area contributed by atoms with Crippen molar-refractivity contribution in [3.8, 4) is 17.5 Å². The van der Waals surface area contributed by atoms with Gasteiger partial charge in [0.1, 0.15) is 0 Å². The van der Waals surface area contributed by atoms with Crippen molar-refractivity contribution in [2.45, 2.75) is 0 Å². The molecule has 0 aliphatic heterocycles. The molecule has 0 fully saturated rings. The lowest BCUT2D eigenvalue weighted by atomic mass is 10.3. The van der Waals surface area contributed by atoms with Gasteiger partial charge in [0.25, 0.3) is 0 Å². The van der Waals surface area contributed by atoms with Crippen LogP contribution in [0.25, 0.3) is 0 Å². The summed E-state index contributed by atoms with van der Waals surface area (Å²) in [5.74, 6) is 0.359. The maximum Gasteiger partial charge on any atom is 0.222 e. The van der Waals surface area contributed by atoms with E-state index in [4.69, 9.17) is 9.47 Å². The average molecular weight is 298 g/mol. The Morgan fingerprint density at radius 3 is 2.71 bits per heavy atom. The molecule has 0 aliphatic rings. The first kappa shape index (κ1) is 11.9. The van der Waals surface area contributed by atoms with E-state index < -0.39 is 5.82 Å². The molecule has 0 amide bonds. The van der Waals surface area contributed by atoms with E-state index in [0.717, 1.165) is 4.47 Å². The third-order valence-electron chi connectivity index (χ3n) is 2.01. The molecule has 1 aromatic carbocycles.